The summed E-state index contributed by atoms with van der Waals surface area (Å²) in [5.41, 5.74) is 3.37. The largest absolute Gasteiger partial charge is 0.381 e. The average Bonchev–Trinajstić information content (AvgIpc) is 3.17. The molecule has 1 aliphatic rings. The Morgan fingerprint density at radius 2 is 2.14 bits per heavy atom. The number of aromatic nitrogens is 5. The van der Waals surface area contributed by atoms with Gasteiger partial charge in [-0.3, -0.25) is 0 Å². The highest BCUT2D eigenvalue weighted by Crippen LogP contribution is 2.25. The molecule has 0 aromatic carbocycles. The summed E-state index contributed by atoms with van der Waals surface area (Å²) in [6.07, 6.45) is 0.937. The van der Waals surface area contributed by atoms with Crippen LogP contribution in [0, 0.1) is 13.8 Å². The van der Waals surface area contributed by atoms with Crippen LogP contribution in [0.25, 0.3) is 17.2 Å². The SMILES string of the molecule is Cc1cc2nc(-c3nc([C@H]4CCOC4)no3)cc(C)n2n1. The molecule has 0 unspecified atom stereocenters. The van der Waals surface area contributed by atoms with Crippen LogP contribution in [0.4, 0.5) is 0 Å². The fourth-order valence-electron chi connectivity index (χ4n) is 2.59. The molecule has 0 aliphatic carbocycles. The Labute approximate surface area is 120 Å². The molecule has 7 heteroatoms. The lowest BCUT2D eigenvalue weighted by Gasteiger charge is -2.00. The van der Waals surface area contributed by atoms with Crippen molar-refractivity contribution < 1.29 is 9.26 Å². The first kappa shape index (κ1) is 12.5. The Balaban J connectivity index is 1.75. The van der Waals surface area contributed by atoms with Crippen LogP contribution in [0.15, 0.2) is 16.7 Å². The van der Waals surface area contributed by atoms with Crippen molar-refractivity contribution in [1.29, 1.82) is 0 Å². The first-order chi connectivity index (χ1) is 10.2. The molecule has 21 heavy (non-hydrogen) atoms. The normalized spacial score (nSPS) is 18.7. The first-order valence-corrected chi connectivity index (χ1v) is 6.96. The number of hydrogen-bond acceptors (Lipinski definition) is 6. The van der Waals surface area contributed by atoms with Gasteiger partial charge in [0.15, 0.2) is 11.5 Å². The van der Waals surface area contributed by atoms with Gasteiger partial charge in [-0.2, -0.15) is 10.1 Å². The molecular weight excluding hydrogens is 270 g/mol. The van der Waals surface area contributed by atoms with Crippen molar-refractivity contribution in [1.82, 2.24) is 24.7 Å². The highest BCUT2D eigenvalue weighted by molar-refractivity contribution is 5.54. The van der Waals surface area contributed by atoms with Gasteiger partial charge in [0.2, 0.25) is 0 Å². The number of hydrogen-bond donors (Lipinski definition) is 0. The fourth-order valence-corrected chi connectivity index (χ4v) is 2.59. The Morgan fingerprint density at radius 3 is 2.95 bits per heavy atom. The van der Waals surface area contributed by atoms with Gasteiger partial charge in [0.05, 0.1) is 12.3 Å². The standard InChI is InChI=1S/C14H15N5O2/c1-8-5-12-15-11(6-9(2)19(12)17-8)14-16-13(18-21-14)10-3-4-20-7-10/h5-6,10H,3-4,7H2,1-2H3/t10-/m0/s1. The molecule has 4 heterocycles. The number of aryl methyl sites for hydroxylation is 2. The van der Waals surface area contributed by atoms with Crippen LogP contribution in [-0.4, -0.2) is 38.0 Å². The maximum atomic E-state index is 5.36. The summed E-state index contributed by atoms with van der Waals surface area (Å²) in [6, 6.07) is 3.83. The Hall–Kier alpha value is -2.28. The van der Waals surface area contributed by atoms with Gasteiger partial charge in [-0.15, -0.1) is 0 Å². The van der Waals surface area contributed by atoms with E-state index in [0.717, 1.165) is 30.1 Å². The van der Waals surface area contributed by atoms with Crippen molar-refractivity contribution in [3.05, 3.63) is 29.3 Å². The molecule has 3 aromatic heterocycles. The molecule has 0 saturated carbocycles. The van der Waals surface area contributed by atoms with Crippen molar-refractivity contribution in [3.8, 4) is 11.6 Å². The molecule has 0 radical (unpaired) electrons. The smallest absolute Gasteiger partial charge is 0.276 e. The number of rotatable bonds is 2. The van der Waals surface area contributed by atoms with Gasteiger partial charge in [0.25, 0.3) is 5.89 Å². The minimum atomic E-state index is 0.226. The zero-order chi connectivity index (χ0) is 14.4. The molecule has 1 saturated heterocycles. The van der Waals surface area contributed by atoms with E-state index >= 15 is 0 Å². The van der Waals surface area contributed by atoms with Crippen molar-refractivity contribution in [2.24, 2.45) is 0 Å². The highest BCUT2D eigenvalue weighted by Gasteiger charge is 2.24. The van der Waals surface area contributed by atoms with E-state index in [0.29, 0.717) is 24.0 Å². The summed E-state index contributed by atoms with van der Waals surface area (Å²) < 4.78 is 12.5. The molecule has 3 aromatic rings. The molecular formula is C14H15N5O2. The monoisotopic (exact) mass is 285 g/mol. The molecule has 1 fully saturated rings. The molecule has 0 amide bonds. The average molecular weight is 285 g/mol. The Kier molecular flexibility index (Phi) is 2.75. The summed E-state index contributed by atoms with van der Waals surface area (Å²) in [5.74, 6) is 1.37. The number of ether oxygens (including phenoxy) is 1. The van der Waals surface area contributed by atoms with E-state index in [4.69, 9.17) is 9.26 Å². The first-order valence-electron chi connectivity index (χ1n) is 6.96. The van der Waals surface area contributed by atoms with Crippen LogP contribution in [0.1, 0.15) is 29.6 Å². The molecule has 7 nitrogen and oxygen atoms in total. The minimum absolute atomic E-state index is 0.226. The third-order valence-corrected chi connectivity index (χ3v) is 3.68. The summed E-state index contributed by atoms with van der Waals surface area (Å²) in [7, 11) is 0. The molecule has 108 valence electrons. The van der Waals surface area contributed by atoms with Crippen LogP contribution in [0.2, 0.25) is 0 Å². The van der Waals surface area contributed by atoms with E-state index in [1.54, 1.807) is 4.52 Å². The van der Waals surface area contributed by atoms with Crippen molar-refractivity contribution in [3.63, 3.8) is 0 Å². The summed E-state index contributed by atoms with van der Waals surface area (Å²) in [4.78, 5) is 9.01. The van der Waals surface area contributed by atoms with Gasteiger partial charge < -0.3 is 9.26 Å². The second-order valence-electron chi connectivity index (χ2n) is 5.36. The van der Waals surface area contributed by atoms with Crippen molar-refractivity contribution >= 4 is 5.65 Å². The highest BCUT2D eigenvalue weighted by atomic mass is 16.5. The van der Waals surface area contributed by atoms with Crippen LogP contribution >= 0.6 is 0 Å². The summed E-state index contributed by atoms with van der Waals surface area (Å²) >= 11 is 0. The molecule has 0 spiro atoms. The predicted octanol–water partition coefficient (Wildman–Crippen LogP) is 1.90. The summed E-state index contributed by atoms with van der Waals surface area (Å²) in [5, 5.41) is 8.45. The topological polar surface area (TPSA) is 78.3 Å². The van der Waals surface area contributed by atoms with Crippen molar-refractivity contribution in [2.45, 2.75) is 26.2 Å². The molecule has 1 atom stereocenters. The molecule has 0 bridgehead atoms. The maximum Gasteiger partial charge on any atom is 0.276 e. The third-order valence-electron chi connectivity index (χ3n) is 3.68. The minimum Gasteiger partial charge on any atom is -0.381 e. The summed E-state index contributed by atoms with van der Waals surface area (Å²) in [6.45, 7) is 5.34. The molecule has 1 aliphatic heterocycles. The lowest BCUT2D eigenvalue weighted by Crippen LogP contribution is -2.00. The van der Waals surface area contributed by atoms with Crippen LogP contribution in [0.5, 0.6) is 0 Å². The van der Waals surface area contributed by atoms with E-state index in [2.05, 4.69) is 20.2 Å². The molecule has 0 N–H and O–H groups in total. The lowest BCUT2D eigenvalue weighted by molar-refractivity contribution is 0.192. The molecule has 4 rings (SSSR count). The lowest BCUT2D eigenvalue weighted by atomic mass is 10.1. The third kappa shape index (κ3) is 2.09. The van der Waals surface area contributed by atoms with E-state index in [9.17, 15) is 0 Å². The van der Waals surface area contributed by atoms with Crippen LogP contribution in [0.3, 0.4) is 0 Å². The van der Waals surface area contributed by atoms with Crippen LogP contribution in [-0.2, 0) is 4.74 Å². The quantitative estimate of drug-likeness (QED) is 0.715. The van der Waals surface area contributed by atoms with Gasteiger partial charge in [-0.25, -0.2) is 9.50 Å². The maximum absolute atomic E-state index is 5.36. The van der Waals surface area contributed by atoms with E-state index in [1.807, 2.05) is 26.0 Å². The van der Waals surface area contributed by atoms with Gasteiger partial charge in [-0.05, 0) is 26.3 Å². The van der Waals surface area contributed by atoms with E-state index < -0.39 is 0 Å². The van der Waals surface area contributed by atoms with E-state index in [-0.39, 0.29) is 5.92 Å². The zero-order valence-electron chi connectivity index (χ0n) is 11.9. The van der Waals surface area contributed by atoms with Gasteiger partial charge in [0.1, 0.15) is 5.69 Å². The predicted molar refractivity (Wildman–Crippen MR) is 73.9 cm³/mol. The second kappa shape index (κ2) is 4.63. The second-order valence-corrected chi connectivity index (χ2v) is 5.36. The fraction of sp³-hybridized carbons (Fsp3) is 0.429. The zero-order valence-corrected chi connectivity index (χ0v) is 11.9. The number of fused-ring (bicyclic) bond motifs is 1. The Morgan fingerprint density at radius 1 is 1.24 bits per heavy atom. The number of nitrogens with zero attached hydrogens (tertiary/aromatic N) is 5. The van der Waals surface area contributed by atoms with E-state index in [1.165, 1.54) is 0 Å². The van der Waals surface area contributed by atoms with Crippen LogP contribution < -0.4 is 0 Å². The van der Waals surface area contributed by atoms with Gasteiger partial charge in [-0.1, -0.05) is 5.16 Å². The Bertz CT molecular complexity index is 801. The van der Waals surface area contributed by atoms with Gasteiger partial charge in [0, 0.05) is 24.3 Å². The van der Waals surface area contributed by atoms with Gasteiger partial charge >= 0.3 is 0 Å². The van der Waals surface area contributed by atoms with Crippen molar-refractivity contribution in [2.75, 3.05) is 13.2 Å².